The minimum atomic E-state index is -0.381. The molecule has 0 aliphatic heterocycles. The van der Waals surface area contributed by atoms with Gasteiger partial charge < -0.3 is 24.9 Å². The van der Waals surface area contributed by atoms with Gasteiger partial charge in [0.1, 0.15) is 18.5 Å². The van der Waals surface area contributed by atoms with Gasteiger partial charge in [-0.25, -0.2) is 14.8 Å². The number of hydrogen-bond acceptors (Lipinski definition) is 19. The van der Waals surface area contributed by atoms with Gasteiger partial charge in [0.2, 0.25) is 12.8 Å². The van der Waals surface area contributed by atoms with Crippen molar-refractivity contribution in [3.8, 4) is 0 Å². The van der Waals surface area contributed by atoms with Crippen molar-refractivity contribution in [2.75, 3.05) is 84.7 Å². The Hall–Kier alpha value is 1.59. The Labute approximate surface area is 269 Å². The van der Waals surface area contributed by atoms with Crippen LogP contribution in [-0.4, -0.2) is 109 Å². The number of aliphatic imine (C=N–C) groups is 2. The van der Waals surface area contributed by atoms with Crippen LogP contribution in [0.1, 0.15) is 0 Å². The van der Waals surface area contributed by atoms with Crippen LogP contribution >= 0.6 is 118 Å². The Bertz CT molecular complexity index is 563. The van der Waals surface area contributed by atoms with E-state index in [0.29, 0.717) is 41.9 Å². The number of aliphatic hydroxyl groups is 1. The van der Waals surface area contributed by atoms with Crippen molar-refractivity contribution in [3.05, 3.63) is 0 Å². The molecule has 0 rings (SSSR count). The van der Waals surface area contributed by atoms with E-state index in [0.717, 1.165) is 36.3 Å². The standard InChI is InChI=1S/C18H35N3O7S10/c22-1-3-30-4-2-25-26-6-20-8-31-12-35-16-36-13-32-9-21-18(23)24-10-33-14-37-17-38-15-34-11-28-27-5-19-7-29/h5-6,22,29H,1-4,7-17H2,(H,21,23). The van der Waals surface area contributed by atoms with Crippen LogP contribution in [0.2, 0.25) is 0 Å². The number of rotatable bonds is 30. The van der Waals surface area contributed by atoms with Gasteiger partial charge in [-0.2, -0.15) is 34.2 Å². The first-order valence-electron chi connectivity index (χ1n) is 10.7. The largest absolute Gasteiger partial charge is 0.438 e. The Kier molecular flexibility index (Phi) is 38.1. The molecule has 0 fully saturated rings. The SMILES string of the molecule is O=C(NCSCSCSCSCN=COOCCSCCO)OCSCSCSCSCOOC=NCS. The lowest BCUT2D eigenvalue weighted by molar-refractivity contribution is -0.210. The van der Waals surface area contributed by atoms with Crippen molar-refractivity contribution in [2.24, 2.45) is 9.98 Å². The summed E-state index contributed by atoms with van der Waals surface area (Å²) in [4.78, 5) is 38.9. The van der Waals surface area contributed by atoms with Crippen molar-refractivity contribution in [3.63, 3.8) is 0 Å². The van der Waals surface area contributed by atoms with Gasteiger partial charge in [0.25, 0.3) is 0 Å². The molecule has 0 radical (unpaired) electrons. The van der Waals surface area contributed by atoms with E-state index >= 15 is 0 Å². The summed E-state index contributed by atoms with van der Waals surface area (Å²) in [5.41, 5.74) is 0. The number of carbonyl (C=O) groups is 1. The van der Waals surface area contributed by atoms with Crippen molar-refractivity contribution in [1.29, 1.82) is 0 Å². The van der Waals surface area contributed by atoms with E-state index in [1.807, 2.05) is 23.5 Å². The summed E-state index contributed by atoms with van der Waals surface area (Å²) in [5, 5.41) is 17.0. The third-order valence-corrected chi connectivity index (χ3v) is 13.2. The highest BCUT2D eigenvalue weighted by Gasteiger charge is 2.01. The lowest BCUT2D eigenvalue weighted by Crippen LogP contribution is -2.23. The minimum Gasteiger partial charge on any atom is -0.438 e. The number of nitrogens with one attached hydrogen (secondary N) is 1. The van der Waals surface area contributed by atoms with E-state index in [-0.39, 0.29) is 12.7 Å². The smallest absolute Gasteiger partial charge is 0.408 e. The van der Waals surface area contributed by atoms with Crippen LogP contribution in [0.25, 0.3) is 0 Å². The van der Waals surface area contributed by atoms with Gasteiger partial charge >= 0.3 is 6.09 Å². The molecule has 0 aromatic carbocycles. The molecule has 0 unspecified atom stereocenters. The van der Waals surface area contributed by atoms with Gasteiger partial charge in [-0.3, -0.25) is 0 Å². The molecule has 0 aromatic heterocycles. The Morgan fingerprint density at radius 2 is 1.39 bits per heavy atom. The third-order valence-electron chi connectivity index (χ3n) is 2.89. The van der Waals surface area contributed by atoms with E-state index in [4.69, 9.17) is 29.4 Å². The van der Waals surface area contributed by atoms with Crippen LogP contribution < -0.4 is 5.32 Å². The number of nitrogens with zero attached hydrogens (tertiary/aromatic N) is 2. The number of thioether (sulfide) groups is 9. The molecule has 0 spiro atoms. The zero-order valence-corrected chi connectivity index (χ0v) is 28.9. The molecule has 0 saturated carbocycles. The van der Waals surface area contributed by atoms with Gasteiger partial charge in [-0.05, 0) is 0 Å². The van der Waals surface area contributed by atoms with Crippen molar-refractivity contribution >= 4 is 137 Å². The molecule has 0 bridgehead atoms. The zero-order chi connectivity index (χ0) is 27.6. The molecule has 0 saturated heterocycles. The summed E-state index contributed by atoms with van der Waals surface area (Å²) in [6, 6.07) is 0. The second-order valence-electron chi connectivity index (χ2n) is 5.64. The van der Waals surface area contributed by atoms with E-state index in [1.54, 1.807) is 82.3 Å². The summed E-state index contributed by atoms with van der Waals surface area (Å²) in [7, 11) is 0. The second kappa shape index (κ2) is 36.6. The maximum Gasteiger partial charge on any atom is 0.408 e. The van der Waals surface area contributed by atoms with Crippen LogP contribution in [0.4, 0.5) is 4.79 Å². The fourth-order valence-electron chi connectivity index (χ4n) is 1.50. The molecular formula is C18H35N3O7S10. The van der Waals surface area contributed by atoms with Crippen molar-refractivity contribution in [1.82, 2.24) is 5.32 Å². The molecule has 1 amide bonds. The molecule has 0 heterocycles. The van der Waals surface area contributed by atoms with Crippen molar-refractivity contribution < 1.29 is 34.2 Å². The average molecular weight is 726 g/mol. The second-order valence-corrected chi connectivity index (χ2v) is 17.1. The number of aliphatic hydroxyl groups excluding tert-OH is 1. The first-order valence-corrected chi connectivity index (χ1v) is 21.7. The lowest BCUT2D eigenvalue weighted by atomic mass is 10.9. The van der Waals surface area contributed by atoms with Crippen LogP contribution in [0.5, 0.6) is 0 Å². The summed E-state index contributed by atoms with van der Waals surface area (Å²) >= 11 is 19.3. The maximum atomic E-state index is 11.7. The highest BCUT2D eigenvalue weighted by Crippen LogP contribution is 2.22. The van der Waals surface area contributed by atoms with Gasteiger partial charge in [0.15, 0.2) is 0 Å². The molecular weight excluding hydrogens is 691 g/mol. The van der Waals surface area contributed by atoms with Crippen LogP contribution in [0.15, 0.2) is 9.98 Å². The predicted molar refractivity (Wildman–Crippen MR) is 183 cm³/mol. The predicted octanol–water partition coefficient (Wildman–Crippen LogP) is 5.72. The molecule has 0 atom stereocenters. The van der Waals surface area contributed by atoms with Gasteiger partial charge in [0.05, 0.1) is 24.2 Å². The maximum absolute atomic E-state index is 11.7. The molecule has 2 N–H and O–H groups in total. The minimum absolute atomic E-state index is 0.179. The molecule has 224 valence electrons. The van der Waals surface area contributed by atoms with Crippen molar-refractivity contribution in [2.45, 2.75) is 0 Å². The number of hydrogen-bond donors (Lipinski definition) is 3. The van der Waals surface area contributed by atoms with Gasteiger partial charge in [-0.15, -0.1) is 94.1 Å². The number of alkyl carbamates (subject to hydrolysis) is 1. The molecule has 0 aliphatic rings. The molecule has 0 aliphatic carbocycles. The fraction of sp³-hybridized carbons (Fsp3) is 0.833. The quantitative estimate of drug-likeness (QED) is 0.0159. The highest BCUT2D eigenvalue weighted by molar-refractivity contribution is 8.26. The number of thiol groups is 1. The first-order chi connectivity index (χ1) is 18.8. The first kappa shape index (κ1) is 39.6. The molecule has 38 heavy (non-hydrogen) atoms. The number of carbonyl (C=O) groups excluding carboxylic acids is 1. The zero-order valence-electron chi connectivity index (χ0n) is 20.7. The normalized spacial score (nSPS) is 11.4. The van der Waals surface area contributed by atoms with Crippen LogP contribution in [0, 0.1) is 0 Å². The molecule has 0 aromatic rings. The fourth-order valence-corrected chi connectivity index (χ4v) is 10.3. The summed E-state index contributed by atoms with van der Waals surface area (Å²) in [5.74, 6) is 3.80. The highest BCUT2D eigenvalue weighted by atomic mass is 32.3. The summed E-state index contributed by atoms with van der Waals surface area (Å²) < 4.78 is 5.15. The van der Waals surface area contributed by atoms with E-state index < -0.39 is 0 Å². The van der Waals surface area contributed by atoms with E-state index in [9.17, 15) is 4.79 Å². The number of amides is 1. The topological polar surface area (TPSA) is 120 Å². The molecule has 20 heteroatoms. The summed E-state index contributed by atoms with van der Waals surface area (Å²) in [6.07, 6.45) is 2.17. The average Bonchev–Trinajstić information content (AvgIpc) is 2.92. The summed E-state index contributed by atoms with van der Waals surface area (Å²) in [6.45, 7) is 0.644. The van der Waals surface area contributed by atoms with Gasteiger partial charge in [0, 0.05) is 42.0 Å². The number of ether oxygens (including phenoxy) is 1. The monoisotopic (exact) mass is 725 g/mol. The molecule has 10 nitrogen and oxygen atoms in total. The Morgan fingerprint density at radius 1 is 0.763 bits per heavy atom. The van der Waals surface area contributed by atoms with E-state index in [2.05, 4.69) is 27.9 Å². The van der Waals surface area contributed by atoms with E-state index in [1.165, 1.54) is 12.8 Å². The van der Waals surface area contributed by atoms with Crippen LogP contribution in [-0.2, 0) is 24.3 Å². The lowest BCUT2D eigenvalue weighted by Gasteiger charge is -2.07. The van der Waals surface area contributed by atoms with Gasteiger partial charge in [-0.1, -0.05) is 0 Å². The Morgan fingerprint density at radius 3 is 2.13 bits per heavy atom. The Balaban J connectivity index is 3.20. The van der Waals surface area contributed by atoms with Crippen LogP contribution in [0.3, 0.4) is 0 Å². The third kappa shape index (κ3) is 35.6.